The first kappa shape index (κ1) is 9.30. The molecule has 1 aromatic rings. The normalized spacial score (nSPS) is 18.4. The van der Waals surface area contributed by atoms with Gasteiger partial charge in [-0.25, -0.2) is 4.68 Å². The van der Waals surface area contributed by atoms with Gasteiger partial charge < -0.3 is 0 Å². The third kappa shape index (κ3) is 1.66. The molecule has 0 aromatic carbocycles. The van der Waals surface area contributed by atoms with Gasteiger partial charge in [0.1, 0.15) is 0 Å². The monoisotopic (exact) mass is 194 g/mol. The van der Waals surface area contributed by atoms with E-state index >= 15 is 0 Å². The molecule has 76 valence electrons. The van der Waals surface area contributed by atoms with E-state index in [0.717, 1.165) is 12.8 Å². The molecule has 5 heteroatoms. The fraction of sp³-hybridized carbons (Fsp3) is 0.778. The summed E-state index contributed by atoms with van der Waals surface area (Å²) in [5.74, 6) is 0.345. The molecule has 1 aromatic heterocycles. The number of tetrazole rings is 1. The van der Waals surface area contributed by atoms with Gasteiger partial charge in [-0.2, -0.15) is 0 Å². The molecular formula is C9H14N4O. The van der Waals surface area contributed by atoms with Crippen LogP contribution in [0.4, 0.5) is 0 Å². The molecule has 0 N–H and O–H groups in total. The zero-order valence-electron chi connectivity index (χ0n) is 8.31. The van der Waals surface area contributed by atoms with Gasteiger partial charge in [0.2, 0.25) is 5.82 Å². The van der Waals surface area contributed by atoms with Crippen LogP contribution in [-0.2, 0) is 0 Å². The highest BCUT2D eigenvalue weighted by Gasteiger charge is 2.21. The van der Waals surface area contributed by atoms with Crippen molar-refractivity contribution in [3.05, 3.63) is 5.82 Å². The maximum atomic E-state index is 11.2. The van der Waals surface area contributed by atoms with Gasteiger partial charge >= 0.3 is 0 Å². The van der Waals surface area contributed by atoms with Crippen molar-refractivity contribution in [3.8, 4) is 0 Å². The second kappa shape index (κ2) is 3.86. The van der Waals surface area contributed by atoms with Crippen LogP contribution in [0.5, 0.6) is 0 Å². The van der Waals surface area contributed by atoms with E-state index < -0.39 is 0 Å². The zero-order valence-corrected chi connectivity index (χ0v) is 8.31. The summed E-state index contributed by atoms with van der Waals surface area (Å²) in [6.45, 7) is 1.50. The minimum absolute atomic E-state index is 0.0550. The number of ketones is 1. The molecule has 2 rings (SSSR count). The van der Waals surface area contributed by atoms with Crippen molar-refractivity contribution in [3.63, 3.8) is 0 Å². The van der Waals surface area contributed by atoms with Gasteiger partial charge in [0.15, 0.2) is 5.78 Å². The van der Waals surface area contributed by atoms with Crippen molar-refractivity contribution < 1.29 is 4.79 Å². The third-order valence-corrected chi connectivity index (χ3v) is 2.73. The van der Waals surface area contributed by atoms with Crippen LogP contribution in [0.1, 0.15) is 55.7 Å². The van der Waals surface area contributed by atoms with Gasteiger partial charge in [-0.1, -0.05) is 19.3 Å². The Morgan fingerprint density at radius 3 is 2.71 bits per heavy atom. The summed E-state index contributed by atoms with van der Waals surface area (Å²) in [6.07, 6.45) is 5.88. The first-order chi connectivity index (χ1) is 6.79. The molecule has 0 atom stereocenters. The van der Waals surface area contributed by atoms with Crippen LogP contribution in [0.15, 0.2) is 0 Å². The average Bonchev–Trinajstić information content (AvgIpc) is 2.67. The number of carbonyl (C=O) groups excluding carboxylic acids is 1. The van der Waals surface area contributed by atoms with E-state index in [1.165, 1.54) is 26.2 Å². The Morgan fingerprint density at radius 2 is 2.07 bits per heavy atom. The highest BCUT2D eigenvalue weighted by Crippen LogP contribution is 2.27. The molecule has 0 radical (unpaired) electrons. The number of carbonyl (C=O) groups is 1. The van der Waals surface area contributed by atoms with E-state index in [9.17, 15) is 4.79 Å². The summed E-state index contributed by atoms with van der Waals surface area (Å²) >= 11 is 0. The molecule has 1 saturated carbocycles. The van der Waals surface area contributed by atoms with Crippen LogP contribution >= 0.6 is 0 Å². The van der Waals surface area contributed by atoms with Crippen molar-refractivity contribution in [1.82, 2.24) is 20.2 Å². The van der Waals surface area contributed by atoms with Crippen molar-refractivity contribution >= 4 is 5.78 Å². The Balaban J connectivity index is 2.21. The fourth-order valence-corrected chi connectivity index (χ4v) is 2.00. The van der Waals surface area contributed by atoms with E-state index in [2.05, 4.69) is 15.5 Å². The lowest BCUT2D eigenvalue weighted by Gasteiger charge is -2.21. The van der Waals surface area contributed by atoms with Gasteiger partial charge in [0.05, 0.1) is 6.04 Å². The largest absolute Gasteiger partial charge is 0.291 e. The lowest BCUT2D eigenvalue weighted by molar-refractivity contribution is 0.0993. The van der Waals surface area contributed by atoms with Crippen LogP contribution in [0, 0.1) is 0 Å². The van der Waals surface area contributed by atoms with Crippen molar-refractivity contribution in [2.45, 2.75) is 45.1 Å². The van der Waals surface area contributed by atoms with Crippen LogP contribution in [0.2, 0.25) is 0 Å². The van der Waals surface area contributed by atoms with Crippen LogP contribution in [0.3, 0.4) is 0 Å². The molecule has 1 aliphatic rings. The molecule has 0 unspecified atom stereocenters. The standard InChI is InChI=1S/C9H14N4O/c1-7(14)9-10-11-12-13(9)8-5-3-2-4-6-8/h8H,2-6H2,1H3. The maximum Gasteiger partial charge on any atom is 0.218 e. The number of nitrogens with zero attached hydrogens (tertiary/aromatic N) is 4. The Morgan fingerprint density at radius 1 is 1.36 bits per heavy atom. The number of aromatic nitrogens is 4. The fourth-order valence-electron chi connectivity index (χ4n) is 2.00. The average molecular weight is 194 g/mol. The zero-order chi connectivity index (χ0) is 9.97. The predicted octanol–water partition coefficient (Wildman–Crippen LogP) is 1.38. The Hall–Kier alpha value is -1.26. The second-order valence-electron chi connectivity index (χ2n) is 3.80. The van der Waals surface area contributed by atoms with Crippen LogP contribution in [0.25, 0.3) is 0 Å². The molecule has 1 aliphatic carbocycles. The van der Waals surface area contributed by atoms with Gasteiger partial charge in [-0.3, -0.25) is 4.79 Å². The molecule has 0 amide bonds. The molecular weight excluding hydrogens is 180 g/mol. The molecule has 1 heterocycles. The van der Waals surface area contributed by atoms with E-state index in [0.29, 0.717) is 11.9 Å². The van der Waals surface area contributed by atoms with E-state index in [1.54, 1.807) is 4.68 Å². The number of rotatable bonds is 2. The molecule has 0 aliphatic heterocycles. The topological polar surface area (TPSA) is 60.7 Å². The van der Waals surface area contributed by atoms with Crippen molar-refractivity contribution in [2.75, 3.05) is 0 Å². The molecule has 1 fully saturated rings. The quantitative estimate of drug-likeness (QED) is 0.667. The summed E-state index contributed by atoms with van der Waals surface area (Å²) < 4.78 is 1.70. The minimum Gasteiger partial charge on any atom is -0.291 e. The molecule has 0 bridgehead atoms. The van der Waals surface area contributed by atoms with Gasteiger partial charge in [-0.05, 0) is 23.3 Å². The molecule has 0 saturated heterocycles. The number of hydrogen-bond acceptors (Lipinski definition) is 4. The molecule has 14 heavy (non-hydrogen) atoms. The predicted molar refractivity (Wildman–Crippen MR) is 49.9 cm³/mol. The smallest absolute Gasteiger partial charge is 0.218 e. The van der Waals surface area contributed by atoms with Crippen LogP contribution < -0.4 is 0 Å². The van der Waals surface area contributed by atoms with Crippen LogP contribution in [-0.4, -0.2) is 26.0 Å². The third-order valence-electron chi connectivity index (χ3n) is 2.73. The Labute approximate surface area is 82.5 Å². The van der Waals surface area contributed by atoms with Gasteiger partial charge in [-0.15, -0.1) is 5.10 Å². The van der Waals surface area contributed by atoms with Gasteiger partial charge in [0.25, 0.3) is 0 Å². The lowest BCUT2D eigenvalue weighted by atomic mass is 9.95. The Bertz CT molecular complexity index is 327. The SMILES string of the molecule is CC(=O)c1nnnn1C1CCCCC1. The second-order valence-corrected chi connectivity index (χ2v) is 3.80. The lowest BCUT2D eigenvalue weighted by Crippen LogP contribution is -2.18. The van der Waals surface area contributed by atoms with Crippen molar-refractivity contribution in [1.29, 1.82) is 0 Å². The maximum absolute atomic E-state index is 11.2. The number of hydrogen-bond donors (Lipinski definition) is 0. The van der Waals surface area contributed by atoms with E-state index in [-0.39, 0.29) is 5.78 Å². The summed E-state index contributed by atoms with van der Waals surface area (Å²) in [5.41, 5.74) is 0. The summed E-state index contributed by atoms with van der Waals surface area (Å²) in [4.78, 5) is 11.2. The summed E-state index contributed by atoms with van der Waals surface area (Å²) in [6, 6.07) is 0.331. The number of Topliss-reactive ketones (excluding diaryl/α,β-unsaturated/α-hetero) is 1. The highest BCUT2D eigenvalue weighted by atomic mass is 16.1. The van der Waals surface area contributed by atoms with E-state index in [4.69, 9.17) is 0 Å². The van der Waals surface area contributed by atoms with Crippen molar-refractivity contribution in [2.24, 2.45) is 0 Å². The summed E-state index contributed by atoms with van der Waals surface area (Å²) in [5, 5.41) is 11.2. The first-order valence-corrected chi connectivity index (χ1v) is 5.08. The minimum atomic E-state index is -0.0550. The first-order valence-electron chi connectivity index (χ1n) is 5.08. The van der Waals surface area contributed by atoms with Gasteiger partial charge in [0, 0.05) is 6.92 Å². The molecule has 5 nitrogen and oxygen atoms in total. The summed E-state index contributed by atoms with van der Waals surface area (Å²) in [7, 11) is 0. The molecule has 0 spiro atoms. The van der Waals surface area contributed by atoms with E-state index in [1.807, 2.05) is 0 Å². The highest BCUT2D eigenvalue weighted by molar-refractivity contribution is 5.90. The Kier molecular flexibility index (Phi) is 2.56.